The van der Waals surface area contributed by atoms with E-state index in [4.69, 9.17) is 9.26 Å². The van der Waals surface area contributed by atoms with Crippen LogP contribution in [0.3, 0.4) is 0 Å². The van der Waals surface area contributed by atoms with Gasteiger partial charge < -0.3 is 9.26 Å². The second kappa shape index (κ2) is 5.16. The molecule has 0 fully saturated rings. The molecule has 2 aromatic heterocycles. The van der Waals surface area contributed by atoms with Gasteiger partial charge in [-0.1, -0.05) is 23.4 Å². The van der Waals surface area contributed by atoms with Crippen molar-refractivity contribution in [1.82, 2.24) is 19.9 Å². The zero-order valence-corrected chi connectivity index (χ0v) is 11.3. The summed E-state index contributed by atoms with van der Waals surface area (Å²) in [6.07, 6.45) is 4.09. The molecule has 3 rings (SSSR count). The normalized spacial score (nSPS) is 10.7. The van der Waals surface area contributed by atoms with Gasteiger partial charge in [-0.15, -0.1) is 0 Å². The van der Waals surface area contributed by atoms with Crippen molar-refractivity contribution in [2.75, 3.05) is 7.11 Å². The Morgan fingerprint density at radius 3 is 2.90 bits per heavy atom. The van der Waals surface area contributed by atoms with Crippen LogP contribution in [0.5, 0.6) is 5.75 Å². The Morgan fingerprint density at radius 2 is 2.15 bits per heavy atom. The summed E-state index contributed by atoms with van der Waals surface area (Å²) >= 11 is 0. The number of benzene rings is 1. The Kier molecular flexibility index (Phi) is 3.20. The molecule has 0 aliphatic rings. The number of nitrogens with zero attached hydrogens (tertiary/aromatic N) is 4. The molecule has 20 heavy (non-hydrogen) atoms. The molecule has 1 aromatic carbocycles. The molecule has 3 aromatic rings. The van der Waals surface area contributed by atoms with Crippen molar-refractivity contribution in [2.45, 2.75) is 6.42 Å². The fourth-order valence-electron chi connectivity index (χ4n) is 1.99. The summed E-state index contributed by atoms with van der Waals surface area (Å²) < 4.78 is 12.3. The van der Waals surface area contributed by atoms with E-state index in [0.29, 0.717) is 18.1 Å². The topological polar surface area (TPSA) is 66.0 Å². The van der Waals surface area contributed by atoms with Crippen molar-refractivity contribution in [2.24, 2.45) is 7.05 Å². The zero-order chi connectivity index (χ0) is 13.9. The summed E-state index contributed by atoms with van der Waals surface area (Å²) in [4.78, 5) is 4.38. The van der Waals surface area contributed by atoms with Crippen LogP contribution in [0.2, 0.25) is 0 Å². The molecule has 6 heteroatoms. The van der Waals surface area contributed by atoms with Gasteiger partial charge in [-0.05, 0) is 6.07 Å². The van der Waals surface area contributed by atoms with E-state index in [9.17, 15) is 0 Å². The Labute approximate surface area is 116 Å². The van der Waals surface area contributed by atoms with Gasteiger partial charge >= 0.3 is 0 Å². The van der Waals surface area contributed by atoms with Crippen molar-refractivity contribution in [1.29, 1.82) is 0 Å². The van der Waals surface area contributed by atoms with Gasteiger partial charge in [0.05, 0.1) is 25.3 Å². The van der Waals surface area contributed by atoms with Gasteiger partial charge in [-0.3, -0.25) is 4.68 Å². The first-order chi connectivity index (χ1) is 9.76. The first kappa shape index (κ1) is 12.4. The number of rotatable bonds is 4. The molecule has 0 unspecified atom stereocenters. The highest BCUT2D eigenvalue weighted by molar-refractivity contribution is 5.51. The zero-order valence-electron chi connectivity index (χ0n) is 11.3. The van der Waals surface area contributed by atoms with Crippen molar-refractivity contribution >= 4 is 0 Å². The van der Waals surface area contributed by atoms with E-state index in [-0.39, 0.29) is 0 Å². The number of para-hydroxylation sites is 1. The highest BCUT2D eigenvalue weighted by Gasteiger charge is 2.12. The molecule has 0 saturated carbocycles. The minimum Gasteiger partial charge on any atom is -0.496 e. The van der Waals surface area contributed by atoms with Crippen molar-refractivity contribution in [3.8, 4) is 17.1 Å². The third-order valence-electron chi connectivity index (χ3n) is 2.97. The lowest BCUT2D eigenvalue weighted by atomic mass is 10.1. The van der Waals surface area contributed by atoms with E-state index < -0.39 is 0 Å². The third kappa shape index (κ3) is 2.40. The maximum atomic E-state index is 5.31. The molecule has 0 spiro atoms. The number of ether oxygens (including phenoxy) is 1. The van der Waals surface area contributed by atoms with Gasteiger partial charge in [0.25, 0.3) is 0 Å². The van der Waals surface area contributed by atoms with Crippen molar-refractivity contribution in [3.05, 3.63) is 48.1 Å². The second-order valence-electron chi connectivity index (χ2n) is 4.40. The fraction of sp³-hybridized carbons (Fsp3) is 0.214. The molecule has 2 heterocycles. The predicted molar refractivity (Wildman–Crippen MR) is 72.3 cm³/mol. The molecule has 0 N–H and O–H groups in total. The minimum atomic E-state index is 0.539. The molecular formula is C14H14N4O2. The molecule has 6 nitrogen and oxygen atoms in total. The van der Waals surface area contributed by atoms with E-state index in [1.54, 1.807) is 18.0 Å². The van der Waals surface area contributed by atoms with Crippen LogP contribution in [0.25, 0.3) is 11.4 Å². The van der Waals surface area contributed by atoms with Crippen molar-refractivity contribution in [3.63, 3.8) is 0 Å². The van der Waals surface area contributed by atoms with Crippen LogP contribution in [0.1, 0.15) is 11.5 Å². The lowest BCUT2D eigenvalue weighted by Crippen LogP contribution is -1.93. The number of hydrogen-bond acceptors (Lipinski definition) is 5. The molecule has 0 aliphatic heterocycles. The minimum absolute atomic E-state index is 0.539. The van der Waals surface area contributed by atoms with Crippen LogP contribution >= 0.6 is 0 Å². The molecule has 0 aliphatic carbocycles. The monoisotopic (exact) mass is 270 g/mol. The van der Waals surface area contributed by atoms with Crippen LogP contribution in [0.15, 0.2) is 41.2 Å². The summed E-state index contributed by atoms with van der Waals surface area (Å²) in [5.74, 6) is 1.91. The Morgan fingerprint density at radius 1 is 1.30 bits per heavy atom. The molecular weight excluding hydrogens is 256 g/mol. The highest BCUT2D eigenvalue weighted by Crippen LogP contribution is 2.21. The maximum Gasteiger partial charge on any atom is 0.231 e. The summed E-state index contributed by atoms with van der Waals surface area (Å²) in [7, 11) is 3.49. The van der Waals surface area contributed by atoms with Crippen LogP contribution in [0.4, 0.5) is 0 Å². The molecule has 0 radical (unpaired) electrons. The lowest BCUT2D eigenvalue weighted by molar-refractivity contribution is 0.379. The SMILES string of the molecule is COc1ccccc1Cc1nc(-c2cnn(C)c2)no1. The van der Waals surface area contributed by atoms with Crippen LogP contribution < -0.4 is 4.74 Å². The van der Waals surface area contributed by atoms with E-state index >= 15 is 0 Å². The number of methoxy groups -OCH3 is 1. The van der Waals surface area contributed by atoms with Gasteiger partial charge in [0.15, 0.2) is 0 Å². The van der Waals surface area contributed by atoms with E-state index in [1.807, 2.05) is 37.5 Å². The fourth-order valence-corrected chi connectivity index (χ4v) is 1.99. The van der Waals surface area contributed by atoms with E-state index in [1.165, 1.54) is 0 Å². The van der Waals surface area contributed by atoms with E-state index in [0.717, 1.165) is 16.9 Å². The number of hydrogen-bond donors (Lipinski definition) is 0. The van der Waals surface area contributed by atoms with Gasteiger partial charge in [0, 0.05) is 18.8 Å². The summed E-state index contributed by atoms with van der Waals surface area (Å²) in [6, 6.07) is 7.77. The molecule has 0 amide bonds. The number of aryl methyl sites for hydroxylation is 1. The Hall–Kier alpha value is -2.63. The second-order valence-corrected chi connectivity index (χ2v) is 4.40. The standard InChI is InChI=1S/C14H14N4O2/c1-18-9-11(8-15-18)14-16-13(20-17-14)7-10-5-3-4-6-12(10)19-2/h3-6,8-9H,7H2,1-2H3. The average Bonchev–Trinajstić information content (AvgIpc) is 3.08. The van der Waals surface area contributed by atoms with E-state index in [2.05, 4.69) is 15.2 Å². The largest absolute Gasteiger partial charge is 0.496 e. The number of aromatic nitrogens is 4. The van der Waals surface area contributed by atoms with Gasteiger partial charge in [0.2, 0.25) is 11.7 Å². The van der Waals surface area contributed by atoms with Crippen LogP contribution in [0, 0.1) is 0 Å². The molecule has 0 atom stereocenters. The van der Waals surface area contributed by atoms with Crippen LogP contribution in [-0.2, 0) is 13.5 Å². The quantitative estimate of drug-likeness (QED) is 0.726. The smallest absolute Gasteiger partial charge is 0.231 e. The first-order valence-corrected chi connectivity index (χ1v) is 6.20. The molecule has 102 valence electrons. The predicted octanol–water partition coefficient (Wildman–Crippen LogP) is 2.07. The summed E-state index contributed by atoms with van der Waals surface area (Å²) in [5.41, 5.74) is 1.85. The molecule has 0 saturated heterocycles. The van der Waals surface area contributed by atoms with Crippen molar-refractivity contribution < 1.29 is 9.26 Å². The van der Waals surface area contributed by atoms with Gasteiger partial charge in [0.1, 0.15) is 5.75 Å². The Balaban J connectivity index is 1.84. The Bertz CT molecular complexity index is 717. The third-order valence-corrected chi connectivity index (χ3v) is 2.97. The summed E-state index contributed by atoms with van der Waals surface area (Å²) in [6.45, 7) is 0. The van der Waals surface area contributed by atoms with Gasteiger partial charge in [-0.25, -0.2) is 0 Å². The van der Waals surface area contributed by atoms with Gasteiger partial charge in [-0.2, -0.15) is 10.1 Å². The maximum absolute atomic E-state index is 5.31. The lowest BCUT2D eigenvalue weighted by Gasteiger charge is -2.04. The van der Waals surface area contributed by atoms with Crippen LogP contribution in [-0.4, -0.2) is 27.0 Å². The average molecular weight is 270 g/mol. The first-order valence-electron chi connectivity index (χ1n) is 6.20. The molecule has 0 bridgehead atoms. The highest BCUT2D eigenvalue weighted by atomic mass is 16.5. The summed E-state index contributed by atoms with van der Waals surface area (Å²) in [5, 5.41) is 8.06.